The first-order chi connectivity index (χ1) is 53.3. The van der Waals surface area contributed by atoms with Crippen molar-refractivity contribution in [1.82, 2.24) is 19.5 Å². The van der Waals surface area contributed by atoms with Crippen LogP contribution in [0.2, 0.25) is 0 Å². The van der Waals surface area contributed by atoms with E-state index in [1.807, 2.05) is 58.0 Å². The van der Waals surface area contributed by atoms with Gasteiger partial charge in [-0.2, -0.15) is 26.3 Å². The van der Waals surface area contributed by atoms with Gasteiger partial charge in [-0.05, 0) is 204 Å². The average Bonchev–Trinajstić information content (AvgIpc) is 1.49. The summed E-state index contributed by atoms with van der Waals surface area (Å²) < 4.78 is 124. The van der Waals surface area contributed by atoms with Crippen LogP contribution in [0.15, 0.2) is 252 Å². The lowest BCUT2D eigenvalue weighted by molar-refractivity contribution is -0.138. The number of carbonyl (C=O) groups is 5. The Hall–Kier alpha value is -13.7. The van der Waals surface area contributed by atoms with Gasteiger partial charge in [0, 0.05) is 52.3 Å². The molecule has 0 radical (unpaired) electrons. The summed E-state index contributed by atoms with van der Waals surface area (Å²) in [5, 5.41) is 8.01. The molecular weight excluding hydrogens is 1450 g/mol. The molecular formula is C87H67F8N9O8. The highest BCUT2D eigenvalue weighted by Gasteiger charge is 2.48. The number of benzene rings is 10. The molecule has 0 saturated carbocycles. The van der Waals surface area contributed by atoms with Gasteiger partial charge in [-0.3, -0.25) is 33.9 Å². The molecule has 2 aliphatic rings. The number of hydrogen-bond acceptors (Lipinski definition) is 11. The van der Waals surface area contributed by atoms with Crippen molar-refractivity contribution < 1.29 is 68.3 Å². The van der Waals surface area contributed by atoms with E-state index in [-0.39, 0.29) is 40.3 Å². The summed E-state index contributed by atoms with van der Waals surface area (Å²) in [6.07, 6.45) is -3.31. The van der Waals surface area contributed by atoms with E-state index in [1.54, 1.807) is 178 Å². The Morgan fingerprint density at radius 1 is 0.464 bits per heavy atom. The van der Waals surface area contributed by atoms with Crippen molar-refractivity contribution in [2.75, 3.05) is 25.8 Å². The smallest absolute Gasteiger partial charge is 0.424 e. The van der Waals surface area contributed by atoms with E-state index in [2.05, 4.69) is 30.9 Å². The lowest BCUT2D eigenvalue weighted by Gasteiger charge is -2.38. The van der Waals surface area contributed by atoms with Crippen LogP contribution in [0.5, 0.6) is 5.75 Å². The summed E-state index contributed by atoms with van der Waals surface area (Å²) in [5.41, 5.74) is 5.45. The zero-order valence-electron chi connectivity index (χ0n) is 61.1. The maximum atomic E-state index is 14.5. The molecule has 5 amide bonds. The van der Waals surface area contributed by atoms with Crippen molar-refractivity contribution in [3.05, 3.63) is 321 Å². The third kappa shape index (κ3) is 15.4. The molecule has 5 heterocycles. The topological polar surface area (TPSA) is 211 Å². The van der Waals surface area contributed by atoms with Crippen molar-refractivity contribution in [3.8, 4) is 44.8 Å². The third-order valence-electron chi connectivity index (χ3n) is 18.9. The fraction of sp³-hybridized carbons (Fsp3) is 0.138. The van der Waals surface area contributed by atoms with Crippen LogP contribution in [0.3, 0.4) is 0 Å². The summed E-state index contributed by atoms with van der Waals surface area (Å²) in [6, 6.07) is 57.1. The molecule has 0 spiro atoms. The number of alkyl halides is 6. The summed E-state index contributed by atoms with van der Waals surface area (Å²) in [5.74, 6) is -5.34. The number of amides is 5. The summed E-state index contributed by atoms with van der Waals surface area (Å²) in [6.45, 7) is 14.3. The molecule has 17 nitrogen and oxygen atoms in total. The molecule has 0 bridgehead atoms. The van der Waals surface area contributed by atoms with Crippen LogP contribution in [0.4, 0.5) is 75.2 Å². The number of para-hydroxylation sites is 2. The van der Waals surface area contributed by atoms with Gasteiger partial charge in [0.05, 0.1) is 62.1 Å². The maximum Gasteiger partial charge on any atom is 0.424 e. The quantitative estimate of drug-likeness (QED) is 0.0979. The fourth-order valence-corrected chi connectivity index (χ4v) is 13.2. The van der Waals surface area contributed by atoms with Crippen LogP contribution < -0.4 is 36.2 Å². The van der Waals surface area contributed by atoms with Crippen LogP contribution >= 0.6 is 0 Å². The number of oxazole rings is 1. The number of aryl methyl sites for hydroxylation is 4. The van der Waals surface area contributed by atoms with E-state index < -0.39 is 80.7 Å². The van der Waals surface area contributed by atoms with E-state index in [4.69, 9.17) is 9.15 Å². The van der Waals surface area contributed by atoms with Gasteiger partial charge in [0.25, 0.3) is 23.6 Å². The normalized spacial score (nSPS) is 13.4. The zero-order chi connectivity index (χ0) is 79.9. The van der Waals surface area contributed by atoms with Gasteiger partial charge in [0.2, 0.25) is 11.9 Å². The molecule has 3 N–H and O–H groups in total. The first kappa shape index (κ1) is 76.5. The van der Waals surface area contributed by atoms with Gasteiger partial charge in [0.15, 0.2) is 28.6 Å². The number of nitrogens with one attached hydrogen (secondary N) is 3. The summed E-state index contributed by atoms with van der Waals surface area (Å²) in [4.78, 5) is 94.2. The van der Waals surface area contributed by atoms with E-state index in [0.29, 0.717) is 78.6 Å². The number of halogens is 8. The monoisotopic (exact) mass is 1520 g/mol. The number of nitrogens with zero attached hydrogens (tertiary/aromatic N) is 6. The highest BCUT2D eigenvalue weighted by atomic mass is 19.4. The maximum absolute atomic E-state index is 14.5. The van der Waals surface area contributed by atoms with Crippen LogP contribution in [0.25, 0.3) is 50.2 Å². The van der Waals surface area contributed by atoms with Crippen LogP contribution in [0.1, 0.15) is 97.7 Å². The van der Waals surface area contributed by atoms with Gasteiger partial charge in [-0.1, -0.05) is 120 Å². The summed E-state index contributed by atoms with van der Waals surface area (Å²) in [7, 11) is 0. The minimum atomic E-state index is -4.76. The number of pyridine rings is 1. The third-order valence-corrected chi connectivity index (χ3v) is 18.9. The largest absolute Gasteiger partial charge is 0.475 e. The predicted octanol–water partition coefficient (Wildman–Crippen LogP) is 20.2. The van der Waals surface area contributed by atoms with E-state index >= 15 is 0 Å². The lowest BCUT2D eigenvalue weighted by Crippen LogP contribution is -2.51. The standard InChI is InChI=1S/C30H24F3N3O2.C29H23F3N4O3.C28H20F2N2O3/c1-18-9-12-20(13-10-18)35-27(37)23-16-19(11-14-24(23)30(31,32)33)22-7-4-8-25-26(22)29(2,3)28(38)36(25)21-6-5-15-34-17-21;1-17-8-11-19(12-9-17)35-25(37)21-16-18(10-13-22(21)29(30,31)32)20-6-4-7-23-24(20)39-28(2,3)26(38)36(23)27-33-14-5-15-34-27;1-16-9-13-19(14-10-16)31-27(33)21-15-18(12-11-17(21)2)20-5-3-8-24-26(20)35-28(34)32(24)23-7-4-6-22(29)25(23)30/h4-17H,1-3H3,(H,35,37);4-16H,1-3H3,(H,35,37);3-15H,1-2H3,(H,31,33). The Bertz CT molecular complexity index is 5910. The molecule has 0 aliphatic carbocycles. The number of aromatic nitrogens is 4. The second-order valence-corrected chi connectivity index (χ2v) is 27.6. The van der Waals surface area contributed by atoms with E-state index in [9.17, 15) is 63.9 Å². The summed E-state index contributed by atoms with van der Waals surface area (Å²) >= 11 is 0. The minimum Gasteiger partial charge on any atom is -0.475 e. The Morgan fingerprint density at radius 2 is 0.938 bits per heavy atom. The number of fused-ring (bicyclic) bond motifs is 3. The molecule has 10 aromatic carbocycles. The first-order valence-electron chi connectivity index (χ1n) is 34.9. The molecule has 13 aromatic rings. The van der Waals surface area contributed by atoms with Gasteiger partial charge in [0.1, 0.15) is 0 Å². The second kappa shape index (κ2) is 30.4. The Morgan fingerprint density at radius 3 is 1.48 bits per heavy atom. The molecule has 0 unspecified atom stereocenters. The predicted molar refractivity (Wildman–Crippen MR) is 411 cm³/mol. The Labute approximate surface area is 635 Å². The van der Waals surface area contributed by atoms with Crippen molar-refractivity contribution in [2.24, 2.45) is 0 Å². The lowest BCUT2D eigenvalue weighted by atomic mass is 9.81. The van der Waals surface area contributed by atoms with Crippen molar-refractivity contribution in [3.63, 3.8) is 0 Å². The van der Waals surface area contributed by atoms with Crippen LogP contribution in [0, 0.1) is 39.3 Å². The molecule has 564 valence electrons. The number of rotatable bonds is 12. The minimum absolute atomic E-state index is 0.128. The zero-order valence-corrected chi connectivity index (χ0v) is 61.1. The fourth-order valence-electron chi connectivity index (χ4n) is 13.2. The number of ether oxygens (including phenoxy) is 1. The van der Waals surface area contributed by atoms with Crippen molar-refractivity contribution >= 4 is 80.7 Å². The van der Waals surface area contributed by atoms with E-state index in [1.165, 1.54) is 53.7 Å². The van der Waals surface area contributed by atoms with Gasteiger partial charge in [-0.15, -0.1) is 0 Å². The molecule has 0 saturated heterocycles. The van der Waals surface area contributed by atoms with Crippen molar-refractivity contribution in [2.45, 2.75) is 78.8 Å². The Kier molecular flexibility index (Phi) is 20.8. The molecule has 25 heteroatoms. The van der Waals surface area contributed by atoms with Gasteiger partial charge >= 0.3 is 18.1 Å². The molecule has 15 rings (SSSR count). The number of anilines is 7. The van der Waals surface area contributed by atoms with Crippen LogP contribution in [-0.4, -0.2) is 54.7 Å². The Balaban J connectivity index is 0.000000147. The SMILES string of the molecule is Cc1ccc(NC(=O)c2cc(-c3cccc4c3C(C)(C)C(=O)N4c3cccnc3)ccc2C(F)(F)F)cc1.Cc1ccc(NC(=O)c2cc(-c3cccc4c3OC(C)(C)C(=O)N4c3ncccn3)ccc2C(F)(F)F)cc1.Cc1ccc(NC(=O)c2cc(-c3cccc4c3oc(=O)n4-c3cccc(F)c3F)ccc2C)cc1. The number of carbonyl (C=O) groups excluding carboxylic acids is 5. The molecule has 112 heavy (non-hydrogen) atoms. The average molecular weight is 1520 g/mol. The molecule has 0 atom stereocenters. The molecule has 3 aromatic heterocycles. The van der Waals surface area contributed by atoms with Gasteiger partial charge in [-0.25, -0.2) is 33.0 Å². The highest BCUT2D eigenvalue weighted by molar-refractivity contribution is 6.15. The van der Waals surface area contributed by atoms with Gasteiger partial charge < -0.3 is 25.1 Å². The van der Waals surface area contributed by atoms with Crippen molar-refractivity contribution in [1.29, 1.82) is 0 Å². The first-order valence-corrected chi connectivity index (χ1v) is 34.9. The van der Waals surface area contributed by atoms with Crippen LogP contribution in [-0.2, 0) is 27.4 Å². The second-order valence-electron chi connectivity index (χ2n) is 27.6. The number of hydrogen-bond donors (Lipinski definition) is 3. The molecule has 2 aliphatic heterocycles. The molecule has 0 fully saturated rings. The van der Waals surface area contributed by atoms with E-state index in [0.717, 1.165) is 45.0 Å². The highest BCUT2D eigenvalue weighted by Crippen LogP contribution is 2.51.